The molecule has 0 aromatic heterocycles. The second kappa shape index (κ2) is 20.3. The molecule has 1 unspecified atom stereocenters. The van der Waals surface area contributed by atoms with Crippen LogP contribution in [0, 0.1) is 11.8 Å². The van der Waals surface area contributed by atoms with E-state index in [1.807, 2.05) is 39.0 Å². The summed E-state index contributed by atoms with van der Waals surface area (Å²) in [5.41, 5.74) is 0.948. The number of ether oxygens (including phenoxy) is 2. The van der Waals surface area contributed by atoms with Crippen LogP contribution in [0.1, 0.15) is 73.3 Å². The van der Waals surface area contributed by atoms with Crippen molar-refractivity contribution in [2.24, 2.45) is 11.8 Å². The highest BCUT2D eigenvalue weighted by molar-refractivity contribution is 5.96. The fourth-order valence-electron chi connectivity index (χ4n) is 5.57. The first kappa shape index (κ1) is 43.4. The summed E-state index contributed by atoms with van der Waals surface area (Å²) < 4.78 is 11.0. The molecule has 0 spiro atoms. The van der Waals surface area contributed by atoms with Crippen molar-refractivity contribution in [3.63, 3.8) is 0 Å². The van der Waals surface area contributed by atoms with Crippen molar-refractivity contribution in [1.82, 2.24) is 25.3 Å². The first-order valence-electron chi connectivity index (χ1n) is 17.9. The molecule has 0 saturated carbocycles. The van der Waals surface area contributed by atoms with Gasteiger partial charge in [0.15, 0.2) is 6.10 Å². The molecular formula is C38H57N5O9. The van der Waals surface area contributed by atoms with E-state index in [1.165, 1.54) is 62.7 Å². The molecule has 1 aromatic carbocycles. The van der Waals surface area contributed by atoms with Gasteiger partial charge in [-0.05, 0) is 44.6 Å². The van der Waals surface area contributed by atoms with Crippen molar-refractivity contribution in [2.45, 2.75) is 104 Å². The predicted octanol–water partition coefficient (Wildman–Crippen LogP) is 2.25. The van der Waals surface area contributed by atoms with Gasteiger partial charge in [-0.1, -0.05) is 70.5 Å². The number of carbonyl (C=O) groups excluding carboxylic acids is 7. The molecule has 1 aliphatic rings. The van der Waals surface area contributed by atoms with Crippen LogP contribution in [0.25, 0.3) is 0 Å². The Balaban J connectivity index is 2.54. The lowest BCUT2D eigenvalue weighted by Gasteiger charge is -2.33. The number of nitrogens with one attached hydrogen (secondary N) is 2. The van der Waals surface area contributed by atoms with E-state index in [4.69, 9.17) is 9.47 Å². The van der Waals surface area contributed by atoms with Crippen LogP contribution in [-0.2, 0) is 49.5 Å². The van der Waals surface area contributed by atoms with E-state index in [2.05, 4.69) is 10.6 Å². The fraction of sp³-hybridized carbons (Fsp3) is 0.605. The lowest BCUT2D eigenvalue weighted by atomic mass is 9.97. The van der Waals surface area contributed by atoms with Crippen molar-refractivity contribution in [3.05, 3.63) is 47.5 Å². The maximum Gasteiger partial charge on any atom is 0.334 e. The minimum atomic E-state index is -1.21. The Morgan fingerprint density at radius 1 is 0.865 bits per heavy atom. The maximum atomic E-state index is 14.0. The largest absolute Gasteiger partial charge is 0.464 e. The summed E-state index contributed by atoms with van der Waals surface area (Å²) in [6.45, 7) is 11.4. The third-order valence-electron chi connectivity index (χ3n) is 9.29. The quantitative estimate of drug-likeness (QED) is 0.417. The van der Waals surface area contributed by atoms with Gasteiger partial charge in [0, 0.05) is 39.6 Å². The third kappa shape index (κ3) is 12.5. The summed E-state index contributed by atoms with van der Waals surface area (Å²) in [5, 5.41) is 5.40. The zero-order valence-corrected chi connectivity index (χ0v) is 32.3. The smallest absolute Gasteiger partial charge is 0.334 e. The molecule has 1 aromatic rings. The molecule has 0 bridgehead atoms. The number of hydrogen-bond donors (Lipinski definition) is 2. The second-order valence-corrected chi connectivity index (χ2v) is 14.0. The van der Waals surface area contributed by atoms with Crippen LogP contribution in [0.4, 0.5) is 0 Å². The van der Waals surface area contributed by atoms with Crippen LogP contribution >= 0.6 is 0 Å². The van der Waals surface area contributed by atoms with E-state index < -0.39 is 78.3 Å². The molecule has 6 atom stereocenters. The molecule has 0 saturated heterocycles. The molecule has 288 valence electrons. The summed E-state index contributed by atoms with van der Waals surface area (Å²) in [6, 6.07) is 4.88. The normalized spacial score (nSPS) is 26.1. The Morgan fingerprint density at radius 3 is 2.10 bits per heavy atom. The van der Waals surface area contributed by atoms with Crippen LogP contribution in [0.5, 0.6) is 0 Å². The van der Waals surface area contributed by atoms with Crippen molar-refractivity contribution in [1.29, 1.82) is 0 Å². The van der Waals surface area contributed by atoms with Gasteiger partial charge in [-0.2, -0.15) is 0 Å². The van der Waals surface area contributed by atoms with Gasteiger partial charge in [0.2, 0.25) is 23.6 Å². The highest BCUT2D eigenvalue weighted by Gasteiger charge is 2.36. The minimum absolute atomic E-state index is 0.0409. The lowest BCUT2D eigenvalue weighted by molar-refractivity contribution is -0.155. The Hall–Kier alpha value is -4.75. The maximum absolute atomic E-state index is 14.0. The van der Waals surface area contributed by atoms with E-state index in [0.29, 0.717) is 6.42 Å². The number of likely N-dealkylation sites (N-methyl/N-ethyl adjacent to an activating group) is 3. The van der Waals surface area contributed by atoms with Crippen molar-refractivity contribution in [3.8, 4) is 0 Å². The van der Waals surface area contributed by atoms with Gasteiger partial charge in [0.1, 0.15) is 24.2 Å². The fourth-order valence-corrected chi connectivity index (χ4v) is 5.57. The summed E-state index contributed by atoms with van der Waals surface area (Å²) in [7, 11) is 4.33. The number of hydrogen-bond acceptors (Lipinski definition) is 9. The van der Waals surface area contributed by atoms with E-state index in [0.717, 1.165) is 5.56 Å². The minimum Gasteiger partial charge on any atom is -0.464 e. The molecule has 2 N–H and O–H groups in total. The number of benzene rings is 1. The number of amides is 5. The highest BCUT2D eigenvalue weighted by atomic mass is 16.5. The van der Waals surface area contributed by atoms with Gasteiger partial charge in [0.05, 0.1) is 13.2 Å². The Labute approximate surface area is 307 Å². The highest BCUT2D eigenvalue weighted by Crippen LogP contribution is 2.16. The van der Waals surface area contributed by atoms with Gasteiger partial charge < -0.3 is 34.8 Å². The standard InChI is InChI=1S/C38H57N5O9/c1-11-24(4)32-36(48)42(9)27(7)38(50)51-19-15-16-25(5)37(49)52-30(20-23(2)3)33(45)39-26(6)34(46)43(10)29(21-28-17-13-12-14-18-28)35(47)41(8)22-31(44)40-32/h12-14,16-18,23-24,26-27,29-30,32H,11,15,19-22H2,1-10H3,(H,39,45)(H,40,44)/b25-16+/t24?,26-,27+,29+,30+,32-/m0/s1. The molecule has 52 heavy (non-hydrogen) atoms. The van der Waals surface area contributed by atoms with E-state index in [1.54, 1.807) is 19.1 Å². The van der Waals surface area contributed by atoms with E-state index in [-0.39, 0.29) is 43.3 Å². The molecule has 1 aliphatic heterocycles. The lowest BCUT2D eigenvalue weighted by Crippen LogP contribution is -2.57. The summed E-state index contributed by atoms with van der Waals surface area (Å²) in [5.74, 6) is -4.68. The zero-order chi connectivity index (χ0) is 39.3. The van der Waals surface area contributed by atoms with Gasteiger partial charge >= 0.3 is 11.9 Å². The number of esters is 2. The Morgan fingerprint density at radius 2 is 1.50 bits per heavy atom. The van der Waals surface area contributed by atoms with Crippen molar-refractivity contribution < 1.29 is 43.0 Å². The molecular weight excluding hydrogens is 670 g/mol. The summed E-state index contributed by atoms with van der Waals surface area (Å²) in [4.78, 5) is 97.8. The SMILES string of the molecule is CCC(C)[C@@H]1NC(=O)CN(C)C(=O)[C@@H](Cc2ccccc2)N(C)C(=O)[C@H](C)NC(=O)[C@@H](CC(C)C)OC(=O)/C(C)=C/CCOC(=O)[C@@H](C)N(C)C1=O. The molecule has 5 amide bonds. The van der Waals surface area contributed by atoms with Crippen LogP contribution in [0.15, 0.2) is 42.0 Å². The van der Waals surface area contributed by atoms with Gasteiger partial charge in [0.25, 0.3) is 5.91 Å². The summed E-state index contributed by atoms with van der Waals surface area (Å²) in [6.07, 6.45) is 1.31. The van der Waals surface area contributed by atoms with Gasteiger partial charge in [-0.25, -0.2) is 9.59 Å². The molecule has 14 nitrogen and oxygen atoms in total. The molecule has 1 heterocycles. The average Bonchev–Trinajstić information content (AvgIpc) is 3.11. The van der Waals surface area contributed by atoms with Crippen LogP contribution in [0.3, 0.4) is 0 Å². The van der Waals surface area contributed by atoms with Crippen molar-refractivity contribution >= 4 is 41.5 Å². The summed E-state index contributed by atoms with van der Waals surface area (Å²) >= 11 is 0. The second-order valence-electron chi connectivity index (χ2n) is 14.0. The number of cyclic esters (lactones) is 2. The van der Waals surface area contributed by atoms with Gasteiger partial charge in [-0.15, -0.1) is 0 Å². The third-order valence-corrected chi connectivity index (χ3v) is 9.29. The predicted molar refractivity (Wildman–Crippen MR) is 194 cm³/mol. The van der Waals surface area contributed by atoms with Gasteiger partial charge in [-0.3, -0.25) is 24.0 Å². The number of rotatable bonds is 6. The van der Waals surface area contributed by atoms with Crippen molar-refractivity contribution in [2.75, 3.05) is 34.3 Å². The van der Waals surface area contributed by atoms with E-state index in [9.17, 15) is 33.6 Å². The average molecular weight is 728 g/mol. The first-order chi connectivity index (χ1) is 24.4. The molecule has 0 radical (unpaired) electrons. The van der Waals surface area contributed by atoms with Crippen LogP contribution in [0.2, 0.25) is 0 Å². The first-order valence-corrected chi connectivity index (χ1v) is 17.9. The topological polar surface area (TPSA) is 172 Å². The monoisotopic (exact) mass is 727 g/mol. The zero-order valence-electron chi connectivity index (χ0n) is 32.3. The molecule has 2 rings (SSSR count). The van der Waals surface area contributed by atoms with Crippen LogP contribution < -0.4 is 10.6 Å². The molecule has 0 fully saturated rings. The molecule has 0 aliphatic carbocycles. The number of nitrogens with zero attached hydrogens (tertiary/aromatic N) is 3. The number of carbonyl (C=O) groups is 7. The molecule has 14 heteroatoms. The Bertz CT molecular complexity index is 1460. The van der Waals surface area contributed by atoms with E-state index >= 15 is 0 Å². The van der Waals surface area contributed by atoms with Crippen LogP contribution in [-0.4, -0.2) is 121 Å². The Kier molecular flexibility index (Phi) is 17.0.